The maximum Gasteiger partial charge on any atom is 0.253 e. The van der Waals surface area contributed by atoms with Crippen molar-refractivity contribution < 1.29 is 29.0 Å². The molecule has 3 saturated heterocycles. The van der Waals surface area contributed by atoms with E-state index >= 15 is 0 Å². The van der Waals surface area contributed by atoms with E-state index in [4.69, 9.17) is 21.1 Å². The first kappa shape index (κ1) is 31.8. The van der Waals surface area contributed by atoms with Gasteiger partial charge in [0.1, 0.15) is 17.4 Å². The highest BCUT2D eigenvalue weighted by atomic mass is 35.5. The lowest BCUT2D eigenvalue weighted by atomic mass is 9.70. The number of likely N-dealkylation sites (tertiary alicyclic amines) is 1. The fourth-order valence-corrected chi connectivity index (χ4v) is 7.57. The monoisotopic (exact) mass is 621 g/mol. The minimum absolute atomic E-state index is 0.150. The third-order valence-corrected chi connectivity index (χ3v) is 9.25. The molecule has 0 saturated carbocycles. The van der Waals surface area contributed by atoms with Crippen molar-refractivity contribution in [3.8, 4) is 5.75 Å². The number of aliphatic hydroxyl groups is 1. The molecule has 2 unspecified atom stereocenters. The molecule has 0 radical (unpaired) electrons. The second-order valence-electron chi connectivity index (χ2n) is 11.5. The lowest BCUT2D eigenvalue weighted by molar-refractivity contribution is -0.141. The van der Waals surface area contributed by atoms with E-state index in [9.17, 15) is 19.5 Å². The molecule has 10 heteroatoms. The Morgan fingerprint density at radius 2 is 1.84 bits per heavy atom. The van der Waals surface area contributed by atoms with Crippen molar-refractivity contribution in [1.82, 2.24) is 4.90 Å². The number of rotatable bonds is 13. The third-order valence-electron chi connectivity index (χ3n) is 8.95. The van der Waals surface area contributed by atoms with Gasteiger partial charge < -0.3 is 29.3 Å². The smallest absolute Gasteiger partial charge is 0.253 e. The normalized spacial score (nSPS) is 25.1. The summed E-state index contributed by atoms with van der Waals surface area (Å²) >= 11 is 6.62. The van der Waals surface area contributed by atoms with Crippen LogP contribution in [0.2, 0.25) is 5.02 Å². The van der Waals surface area contributed by atoms with Crippen LogP contribution in [0.15, 0.2) is 67.8 Å². The number of aliphatic hydroxyl groups excluding tert-OH is 1. The number of fused-ring (bicyclic) bond motifs is 1. The molecule has 0 aliphatic carbocycles. The Kier molecular flexibility index (Phi) is 9.48. The van der Waals surface area contributed by atoms with Gasteiger partial charge in [0.25, 0.3) is 5.91 Å². The van der Waals surface area contributed by atoms with Crippen molar-refractivity contribution in [2.45, 2.75) is 50.9 Å². The van der Waals surface area contributed by atoms with Crippen molar-refractivity contribution in [3.63, 3.8) is 0 Å². The van der Waals surface area contributed by atoms with Crippen molar-refractivity contribution in [3.05, 3.63) is 78.4 Å². The van der Waals surface area contributed by atoms with E-state index in [2.05, 4.69) is 13.2 Å². The Morgan fingerprint density at radius 3 is 2.48 bits per heavy atom. The molecule has 1 spiro atoms. The Balaban J connectivity index is 1.54. The molecule has 0 aromatic heterocycles. The Hall–Kier alpha value is -3.66. The molecule has 2 aromatic rings. The molecule has 9 nitrogen and oxygen atoms in total. The van der Waals surface area contributed by atoms with E-state index < -0.39 is 29.6 Å². The lowest BCUT2D eigenvalue weighted by Crippen LogP contribution is -2.57. The number of anilines is 2. The minimum atomic E-state index is -1.19. The summed E-state index contributed by atoms with van der Waals surface area (Å²) in [6.07, 6.45) is 4.02. The lowest BCUT2D eigenvalue weighted by Gasteiger charge is -2.37. The number of carbonyl (C=O) groups is 3. The van der Waals surface area contributed by atoms with Crippen LogP contribution in [-0.4, -0.2) is 78.3 Å². The summed E-state index contributed by atoms with van der Waals surface area (Å²) in [5.74, 6) is -1.86. The van der Waals surface area contributed by atoms with Gasteiger partial charge in [0, 0.05) is 31.9 Å². The highest BCUT2D eigenvalue weighted by molar-refractivity contribution is 6.34. The van der Waals surface area contributed by atoms with Crippen LogP contribution in [0.1, 0.15) is 31.7 Å². The van der Waals surface area contributed by atoms with Gasteiger partial charge in [0.2, 0.25) is 11.8 Å². The fourth-order valence-electron chi connectivity index (χ4n) is 7.25. The first-order chi connectivity index (χ1) is 21.2. The molecule has 2 aromatic carbocycles. The summed E-state index contributed by atoms with van der Waals surface area (Å²) in [5.41, 5.74) is 0.799. The average Bonchev–Trinajstić information content (AvgIpc) is 3.65. The van der Waals surface area contributed by atoms with Crippen LogP contribution in [-0.2, 0) is 19.1 Å². The maximum absolute atomic E-state index is 14.7. The molecule has 3 aliphatic rings. The van der Waals surface area contributed by atoms with Gasteiger partial charge in [-0.15, -0.1) is 13.2 Å². The first-order valence-electron chi connectivity index (χ1n) is 15.2. The van der Waals surface area contributed by atoms with Crippen LogP contribution >= 0.6 is 11.6 Å². The summed E-state index contributed by atoms with van der Waals surface area (Å²) in [6, 6.07) is 11.6. The molecular weight excluding hydrogens is 582 g/mol. The standard InChI is InChI=1S/C34H40ClN3O6/c1-5-18-36(23-12-14-24(15-13-23)43-7-3)31(40)27-26-16-17-34(44-26)28(27)32(41)38(20-9-21-39)30(34)33(42)37(19-6-2)29-22(4)10-8-11-25(29)35/h5-6,8,10-15,26-28,30,39H,1-2,7,9,16-21H2,3-4H3/t26-,27+,28-,30?,34?/m0/s1. The van der Waals surface area contributed by atoms with Crippen molar-refractivity contribution >= 4 is 40.7 Å². The molecule has 3 fully saturated rings. The Bertz CT molecular complexity index is 1410. The van der Waals surface area contributed by atoms with E-state index in [0.717, 1.165) is 5.56 Å². The maximum atomic E-state index is 14.7. The molecule has 5 rings (SSSR count). The van der Waals surface area contributed by atoms with Crippen LogP contribution in [0.4, 0.5) is 11.4 Å². The van der Waals surface area contributed by atoms with Gasteiger partial charge in [-0.3, -0.25) is 14.4 Å². The van der Waals surface area contributed by atoms with Gasteiger partial charge >= 0.3 is 0 Å². The van der Waals surface area contributed by atoms with Crippen LogP contribution in [0.25, 0.3) is 0 Å². The summed E-state index contributed by atoms with van der Waals surface area (Å²) < 4.78 is 12.2. The van der Waals surface area contributed by atoms with Gasteiger partial charge in [-0.1, -0.05) is 35.9 Å². The molecule has 1 N–H and O–H groups in total. The van der Waals surface area contributed by atoms with E-state index in [0.29, 0.717) is 41.6 Å². The van der Waals surface area contributed by atoms with Crippen LogP contribution in [0.3, 0.4) is 0 Å². The number of hydrogen-bond donors (Lipinski definition) is 1. The molecule has 2 bridgehead atoms. The zero-order chi connectivity index (χ0) is 31.6. The number of carbonyl (C=O) groups excluding carboxylic acids is 3. The molecule has 3 heterocycles. The number of nitrogens with zero attached hydrogens (tertiary/aromatic N) is 3. The SMILES string of the molecule is C=CCN(C(=O)[C@@H]1[C@@H]2CCC3(O2)C(C(=O)N(CC=C)c2c(C)cccc2Cl)N(CCCO)C(=O)[C@H]13)c1ccc(OCC)cc1. The zero-order valence-corrected chi connectivity index (χ0v) is 26.0. The third kappa shape index (κ3) is 5.31. The van der Waals surface area contributed by atoms with E-state index in [-0.39, 0.29) is 50.4 Å². The highest BCUT2D eigenvalue weighted by Gasteiger charge is 2.75. The second kappa shape index (κ2) is 13.1. The predicted molar refractivity (Wildman–Crippen MR) is 170 cm³/mol. The Morgan fingerprint density at radius 1 is 1.14 bits per heavy atom. The number of aryl methyl sites for hydroxylation is 1. The molecule has 234 valence electrons. The molecule has 44 heavy (non-hydrogen) atoms. The first-order valence-corrected chi connectivity index (χ1v) is 15.5. The van der Waals surface area contributed by atoms with Crippen molar-refractivity contribution in [1.29, 1.82) is 0 Å². The fraction of sp³-hybridized carbons (Fsp3) is 0.441. The molecular formula is C34H40ClN3O6. The van der Waals surface area contributed by atoms with Crippen LogP contribution < -0.4 is 14.5 Å². The van der Waals surface area contributed by atoms with Gasteiger partial charge in [-0.05, 0) is 69.0 Å². The van der Waals surface area contributed by atoms with Gasteiger partial charge in [0.15, 0.2) is 0 Å². The number of amides is 3. The Labute approximate surface area is 263 Å². The number of para-hydroxylation sites is 1. The number of benzene rings is 2. The van der Waals surface area contributed by atoms with Crippen LogP contribution in [0.5, 0.6) is 5.75 Å². The van der Waals surface area contributed by atoms with E-state index in [1.165, 1.54) is 4.90 Å². The highest BCUT2D eigenvalue weighted by Crippen LogP contribution is 2.59. The van der Waals surface area contributed by atoms with E-state index in [1.807, 2.05) is 38.1 Å². The summed E-state index contributed by atoms with van der Waals surface area (Å²) in [4.78, 5) is 48.1. The number of halogens is 1. The molecule has 3 amide bonds. The van der Waals surface area contributed by atoms with E-state index in [1.54, 1.807) is 40.2 Å². The number of ether oxygens (including phenoxy) is 2. The zero-order valence-electron chi connectivity index (χ0n) is 25.3. The summed E-state index contributed by atoms with van der Waals surface area (Å²) in [7, 11) is 0. The average molecular weight is 622 g/mol. The largest absolute Gasteiger partial charge is 0.494 e. The second-order valence-corrected chi connectivity index (χ2v) is 11.9. The quantitative estimate of drug-likeness (QED) is 0.330. The predicted octanol–water partition coefficient (Wildman–Crippen LogP) is 4.54. The minimum Gasteiger partial charge on any atom is -0.494 e. The van der Waals surface area contributed by atoms with Gasteiger partial charge in [-0.25, -0.2) is 0 Å². The van der Waals surface area contributed by atoms with Crippen molar-refractivity contribution in [2.75, 3.05) is 42.6 Å². The summed E-state index contributed by atoms with van der Waals surface area (Å²) in [6.45, 7) is 12.4. The number of hydrogen-bond acceptors (Lipinski definition) is 6. The summed E-state index contributed by atoms with van der Waals surface area (Å²) in [5, 5.41) is 10.1. The van der Waals surface area contributed by atoms with Gasteiger partial charge in [-0.2, -0.15) is 0 Å². The topological polar surface area (TPSA) is 99.6 Å². The van der Waals surface area contributed by atoms with Crippen LogP contribution in [0, 0.1) is 18.8 Å². The molecule has 5 atom stereocenters. The van der Waals surface area contributed by atoms with Gasteiger partial charge in [0.05, 0.1) is 35.3 Å². The van der Waals surface area contributed by atoms with Crippen molar-refractivity contribution in [2.24, 2.45) is 11.8 Å². The molecule has 3 aliphatic heterocycles.